The molecule has 0 fully saturated rings. The lowest BCUT2D eigenvalue weighted by molar-refractivity contribution is 0.412. The first-order chi connectivity index (χ1) is 9.20. The average molecular weight is 301 g/mol. The van der Waals surface area contributed by atoms with Gasteiger partial charge in [0.1, 0.15) is 23.6 Å². The van der Waals surface area contributed by atoms with Gasteiger partial charge in [-0.2, -0.15) is 0 Å². The van der Waals surface area contributed by atoms with E-state index in [1.807, 2.05) is 0 Å². The zero-order chi connectivity index (χ0) is 13.7. The van der Waals surface area contributed by atoms with Gasteiger partial charge in [-0.05, 0) is 12.5 Å². The van der Waals surface area contributed by atoms with Crippen LogP contribution in [0.5, 0.6) is 0 Å². The molecule has 0 aromatic carbocycles. The SMILES string of the molecule is CCCNc1nc(NCc2ccon2)c(Cl)cc1Cl. The highest BCUT2D eigenvalue weighted by atomic mass is 35.5. The fourth-order valence-corrected chi connectivity index (χ4v) is 1.95. The van der Waals surface area contributed by atoms with Gasteiger partial charge in [-0.3, -0.25) is 0 Å². The summed E-state index contributed by atoms with van der Waals surface area (Å²) in [4.78, 5) is 4.36. The van der Waals surface area contributed by atoms with Crippen molar-refractivity contribution in [3.8, 4) is 0 Å². The van der Waals surface area contributed by atoms with Gasteiger partial charge in [-0.25, -0.2) is 4.98 Å². The Morgan fingerprint density at radius 1 is 1.21 bits per heavy atom. The van der Waals surface area contributed by atoms with Crippen LogP contribution >= 0.6 is 23.2 Å². The van der Waals surface area contributed by atoms with E-state index in [1.54, 1.807) is 12.1 Å². The van der Waals surface area contributed by atoms with Crippen molar-refractivity contribution in [3.05, 3.63) is 34.1 Å². The van der Waals surface area contributed by atoms with Crippen molar-refractivity contribution < 1.29 is 4.52 Å². The fraction of sp³-hybridized carbons (Fsp3) is 0.333. The predicted octanol–water partition coefficient (Wildman–Crippen LogP) is 3.81. The molecule has 7 heteroatoms. The fourth-order valence-electron chi connectivity index (χ4n) is 1.46. The lowest BCUT2D eigenvalue weighted by Gasteiger charge is -2.11. The normalized spacial score (nSPS) is 10.5. The van der Waals surface area contributed by atoms with Crippen molar-refractivity contribution in [1.82, 2.24) is 10.1 Å². The molecule has 2 rings (SSSR count). The predicted molar refractivity (Wildman–Crippen MR) is 76.9 cm³/mol. The molecule has 0 atom stereocenters. The van der Waals surface area contributed by atoms with E-state index >= 15 is 0 Å². The summed E-state index contributed by atoms with van der Waals surface area (Å²) in [7, 11) is 0. The summed E-state index contributed by atoms with van der Waals surface area (Å²) in [5, 5.41) is 11.0. The highest BCUT2D eigenvalue weighted by Gasteiger charge is 2.09. The van der Waals surface area contributed by atoms with Crippen molar-refractivity contribution in [1.29, 1.82) is 0 Å². The van der Waals surface area contributed by atoms with Crippen LogP contribution in [0.4, 0.5) is 11.6 Å². The van der Waals surface area contributed by atoms with E-state index in [1.165, 1.54) is 6.26 Å². The Bertz CT molecular complexity index is 531. The van der Waals surface area contributed by atoms with Gasteiger partial charge in [0.25, 0.3) is 0 Å². The molecule has 0 bridgehead atoms. The average Bonchev–Trinajstić information content (AvgIpc) is 2.90. The van der Waals surface area contributed by atoms with Crippen LogP contribution in [0.2, 0.25) is 10.0 Å². The van der Waals surface area contributed by atoms with Crippen LogP contribution in [-0.4, -0.2) is 16.7 Å². The van der Waals surface area contributed by atoms with E-state index in [0.29, 0.717) is 28.2 Å². The van der Waals surface area contributed by atoms with E-state index in [4.69, 9.17) is 27.7 Å². The first kappa shape index (κ1) is 14.0. The maximum Gasteiger partial charge on any atom is 0.147 e. The van der Waals surface area contributed by atoms with Crippen LogP contribution in [0.25, 0.3) is 0 Å². The summed E-state index contributed by atoms with van der Waals surface area (Å²) < 4.78 is 4.75. The van der Waals surface area contributed by atoms with Gasteiger partial charge in [0.2, 0.25) is 0 Å². The number of nitrogens with zero attached hydrogens (tertiary/aromatic N) is 2. The molecule has 0 aliphatic rings. The number of hydrogen-bond donors (Lipinski definition) is 2. The quantitative estimate of drug-likeness (QED) is 0.849. The number of nitrogens with one attached hydrogen (secondary N) is 2. The molecule has 0 aliphatic heterocycles. The van der Waals surface area contributed by atoms with Gasteiger partial charge in [-0.15, -0.1) is 0 Å². The van der Waals surface area contributed by atoms with E-state index < -0.39 is 0 Å². The summed E-state index contributed by atoms with van der Waals surface area (Å²) >= 11 is 12.2. The number of hydrogen-bond acceptors (Lipinski definition) is 5. The summed E-state index contributed by atoms with van der Waals surface area (Å²) in [6, 6.07) is 3.44. The Morgan fingerprint density at radius 2 is 1.95 bits per heavy atom. The minimum atomic E-state index is 0.468. The van der Waals surface area contributed by atoms with Crippen molar-refractivity contribution in [2.24, 2.45) is 0 Å². The van der Waals surface area contributed by atoms with E-state index in [2.05, 4.69) is 27.7 Å². The van der Waals surface area contributed by atoms with Crippen molar-refractivity contribution >= 4 is 34.8 Å². The van der Waals surface area contributed by atoms with Gasteiger partial charge in [0.05, 0.1) is 16.6 Å². The van der Waals surface area contributed by atoms with E-state index in [0.717, 1.165) is 18.7 Å². The molecule has 2 aromatic heterocycles. The summed E-state index contributed by atoms with van der Waals surface area (Å²) in [5.74, 6) is 1.18. The molecule has 5 nitrogen and oxygen atoms in total. The van der Waals surface area contributed by atoms with Gasteiger partial charge in [0, 0.05) is 12.6 Å². The topological polar surface area (TPSA) is 63.0 Å². The number of pyridine rings is 1. The van der Waals surface area contributed by atoms with Gasteiger partial charge in [-0.1, -0.05) is 35.3 Å². The van der Waals surface area contributed by atoms with Crippen LogP contribution in [0.15, 0.2) is 22.9 Å². The molecule has 0 saturated heterocycles. The Morgan fingerprint density at radius 3 is 2.58 bits per heavy atom. The Labute approximate surface area is 121 Å². The van der Waals surface area contributed by atoms with Crippen LogP contribution < -0.4 is 10.6 Å². The maximum atomic E-state index is 6.09. The zero-order valence-electron chi connectivity index (χ0n) is 10.4. The molecule has 0 aliphatic carbocycles. The number of rotatable bonds is 6. The second-order valence-electron chi connectivity index (χ2n) is 3.92. The molecule has 0 spiro atoms. The number of anilines is 2. The molecular weight excluding hydrogens is 287 g/mol. The maximum absolute atomic E-state index is 6.09. The number of aromatic nitrogens is 2. The zero-order valence-corrected chi connectivity index (χ0v) is 11.9. The van der Waals surface area contributed by atoms with Crippen molar-refractivity contribution in [2.75, 3.05) is 17.2 Å². The van der Waals surface area contributed by atoms with Crippen molar-refractivity contribution in [2.45, 2.75) is 19.9 Å². The van der Waals surface area contributed by atoms with Crippen LogP contribution in [-0.2, 0) is 6.54 Å². The molecule has 0 unspecified atom stereocenters. The second-order valence-corrected chi connectivity index (χ2v) is 4.73. The van der Waals surface area contributed by atoms with Gasteiger partial charge < -0.3 is 15.2 Å². The molecule has 0 saturated carbocycles. The third-order valence-electron chi connectivity index (χ3n) is 2.40. The molecule has 2 aromatic rings. The first-order valence-corrected chi connectivity index (χ1v) is 6.69. The molecule has 102 valence electrons. The Hall–Kier alpha value is -1.46. The third-order valence-corrected chi connectivity index (χ3v) is 2.98. The van der Waals surface area contributed by atoms with Crippen molar-refractivity contribution in [3.63, 3.8) is 0 Å². The summed E-state index contributed by atoms with van der Waals surface area (Å²) in [6.07, 6.45) is 2.50. The van der Waals surface area contributed by atoms with E-state index in [-0.39, 0.29) is 0 Å². The number of halogens is 2. The molecule has 0 radical (unpaired) electrons. The minimum absolute atomic E-state index is 0.468. The molecule has 0 amide bonds. The monoisotopic (exact) mass is 300 g/mol. The highest BCUT2D eigenvalue weighted by molar-refractivity contribution is 6.37. The Kier molecular flexibility index (Phi) is 4.87. The summed E-state index contributed by atoms with van der Waals surface area (Å²) in [5.41, 5.74) is 0.774. The molecule has 19 heavy (non-hydrogen) atoms. The van der Waals surface area contributed by atoms with Gasteiger partial charge >= 0.3 is 0 Å². The van der Waals surface area contributed by atoms with E-state index in [9.17, 15) is 0 Å². The molecule has 2 N–H and O–H groups in total. The lowest BCUT2D eigenvalue weighted by Crippen LogP contribution is -2.07. The summed E-state index contributed by atoms with van der Waals surface area (Å²) in [6.45, 7) is 3.36. The Balaban J connectivity index is 2.10. The van der Waals surface area contributed by atoms with Crippen LogP contribution in [0.1, 0.15) is 19.0 Å². The standard InChI is InChI=1S/C12H14Cl2N4O/c1-2-4-15-11-9(13)6-10(14)12(17-11)16-7-8-3-5-19-18-8/h3,5-6H,2,4,7H2,1H3,(H2,15,16,17). The lowest BCUT2D eigenvalue weighted by atomic mass is 10.4. The minimum Gasteiger partial charge on any atom is -0.369 e. The molecular formula is C12H14Cl2N4O. The van der Waals surface area contributed by atoms with Crippen LogP contribution in [0, 0.1) is 0 Å². The smallest absolute Gasteiger partial charge is 0.147 e. The highest BCUT2D eigenvalue weighted by Crippen LogP contribution is 2.29. The second kappa shape index (κ2) is 6.63. The largest absolute Gasteiger partial charge is 0.369 e. The molecule has 2 heterocycles. The first-order valence-electron chi connectivity index (χ1n) is 5.93. The van der Waals surface area contributed by atoms with Crippen LogP contribution in [0.3, 0.4) is 0 Å². The third kappa shape index (κ3) is 3.75. The van der Waals surface area contributed by atoms with Gasteiger partial charge in [0.15, 0.2) is 0 Å².